The minimum absolute atomic E-state index is 0.987. The van der Waals surface area contributed by atoms with Crippen molar-refractivity contribution in [2.45, 2.75) is 25.8 Å². The van der Waals surface area contributed by atoms with Crippen molar-refractivity contribution >= 4 is 27.3 Å². The molecule has 0 spiro atoms. The van der Waals surface area contributed by atoms with E-state index in [0.29, 0.717) is 0 Å². The Balaban J connectivity index is 2.16. The van der Waals surface area contributed by atoms with Crippen LogP contribution in [0.25, 0.3) is 10.6 Å². The van der Waals surface area contributed by atoms with Crippen LogP contribution in [0.4, 0.5) is 0 Å². The van der Waals surface area contributed by atoms with Gasteiger partial charge in [-0.05, 0) is 46.6 Å². The maximum absolute atomic E-state index is 4.62. The number of hydrogen-bond donors (Lipinski definition) is 0. The lowest BCUT2D eigenvalue weighted by Crippen LogP contribution is -2.10. The summed E-state index contributed by atoms with van der Waals surface area (Å²) < 4.78 is 3.29. The number of thiophene rings is 1. The lowest BCUT2D eigenvalue weighted by atomic mass is 10.1. The molecule has 2 aromatic rings. The molecule has 2 aromatic heterocycles. The van der Waals surface area contributed by atoms with Gasteiger partial charge in [0.05, 0.1) is 4.88 Å². The van der Waals surface area contributed by atoms with Crippen molar-refractivity contribution in [3.63, 3.8) is 0 Å². The molecule has 0 saturated heterocycles. The summed E-state index contributed by atoms with van der Waals surface area (Å²) in [6.07, 6.45) is 3.72. The fraction of sp³-hybridized carbons (Fsp3) is 0.364. The lowest BCUT2D eigenvalue weighted by Gasteiger charge is -2.15. The molecular weight excluding hydrogens is 272 g/mol. The van der Waals surface area contributed by atoms with Crippen molar-refractivity contribution < 1.29 is 0 Å². The molecule has 78 valence electrons. The van der Waals surface area contributed by atoms with E-state index in [-0.39, 0.29) is 0 Å². The molecule has 0 atom stereocenters. The van der Waals surface area contributed by atoms with Gasteiger partial charge in [-0.3, -0.25) is 0 Å². The first-order valence-corrected chi connectivity index (χ1v) is 6.82. The maximum atomic E-state index is 4.62. The Hall–Kier alpha value is -0.610. The van der Waals surface area contributed by atoms with Gasteiger partial charge < -0.3 is 4.57 Å². The van der Waals surface area contributed by atoms with E-state index >= 15 is 0 Å². The maximum Gasteiger partial charge on any atom is 0.177 e. The van der Waals surface area contributed by atoms with Gasteiger partial charge in [0.25, 0.3) is 0 Å². The van der Waals surface area contributed by atoms with Gasteiger partial charge in [0.2, 0.25) is 0 Å². The van der Waals surface area contributed by atoms with Crippen molar-refractivity contribution in [1.82, 2.24) is 9.55 Å². The molecule has 0 saturated carbocycles. The Kier molecular flexibility index (Phi) is 2.41. The molecule has 1 aliphatic heterocycles. The molecule has 15 heavy (non-hydrogen) atoms. The van der Waals surface area contributed by atoms with Gasteiger partial charge in [-0.15, -0.1) is 11.3 Å². The molecule has 0 N–H and O–H groups in total. The summed E-state index contributed by atoms with van der Waals surface area (Å²) in [5.41, 5.74) is 2.58. The van der Waals surface area contributed by atoms with Crippen LogP contribution in [-0.4, -0.2) is 9.55 Å². The van der Waals surface area contributed by atoms with E-state index in [4.69, 9.17) is 0 Å². The number of hydrogen-bond acceptors (Lipinski definition) is 2. The van der Waals surface area contributed by atoms with Gasteiger partial charge in [-0.1, -0.05) is 6.07 Å². The molecule has 0 bridgehead atoms. The van der Waals surface area contributed by atoms with Gasteiger partial charge in [0.1, 0.15) is 5.69 Å². The second-order valence-corrected chi connectivity index (χ2v) is 5.42. The third-order valence-corrected chi connectivity index (χ3v) is 4.31. The van der Waals surface area contributed by atoms with Crippen molar-refractivity contribution in [3.8, 4) is 10.6 Å². The highest BCUT2D eigenvalue weighted by Gasteiger charge is 2.19. The Morgan fingerprint density at radius 1 is 1.40 bits per heavy atom. The molecule has 3 heterocycles. The lowest BCUT2D eigenvalue weighted by molar-refractivity contribution is 0.525. The molecule has 0 amide bonds. The van der Waals surface area contributed by atoms with Crippen LogP contribution in [0.2, 0.25) is 0 Å². The van der Waals surface area contributed by atoms with E-state index < -0.39 is 0 Å². The third-order valence-electron chi connectivity index (χ3n) is 2.83. The smallest absolute Gasteiger partial charge is 0.177 e. The normalized spacial score (nSPS) is 15.3. The highest BCUT2D eigenvalue weighted by molar-refractivity contribution is 9.10. The Morgan fingerprint density at radius 3 is 3.13 bits per heavy atom. The Bertz CT molecular complexity index is 473. The summed E-state index contributed by atoms with van der Waals surface area (Å²) in [5, 5.41) is 2.11. The van der Waals surface area contributed by atoms with Crippen molar-refractivity contribution in [2.24, 2.45) is 0 Å². The first-order valence-electron chi connectivity index (χ1n) is 5.15. The highest BCUT2D eigenvalue weighted by Crippen LogP contribution is 2.33. The first kappa shape index (κ1) is 9.60. The van der Waals surface area contributed by atoms with E-state index in [1.807, 2.05) is 0 Å². The summed E-state index contributed by atoms with van der Waals surface area (Å²) in [6.45, 7) is 1.11. The van der Waals surface area contributed by atoms with Crippen LogP contribution in [0.3, 0.4) is 0 Å². The molecule has 4 heteroatoms. The molecule has 3 rings (SSSR count). The second-order valence-electron chi connectivity index (χ2n) is 3.76. The van der Waals surface area contributed by atoms with Crippen molar-refractivity contribution in [1.29, 1.82) is 0 Å². The predicted octanol–water partition coefficient (Wildman–Crippen LogP) is 3.71. The van der Waals surface area contributed by atoms with Crippen LogP contribution < -0.4 is 0 Å². The van der Waals surface area contributed by atoms with E-state index in [2.05, 4.69) is 43.0 Å². The van der Waals surface area contributed by atoms with E-state index in [9.17, 15) is 0 Å². The second kappa shape index (κ2) is 3.76. The zero-order chi connectivity index (χ0) is 10.3. The highest BCUT2D eigenvalue weighted by atomic mass is 79.9. The number of nitrogens with zero attached hydrogens (tertiary/aromatic N) is 2. The standard InChI is InChI=1S/C11H11BrN2S/c12-11-13-10(9-5-3-7-15-9)8-4-1-2-6-14(8)11/h3,5,7H,1-2,4,6H2. The summed E-state index contributed by atoms with van der Waals surface area (Å²) in [6, 6.07) is 4.23. The minimum atomic E-state index is 0.987. The largest absolute Gasteiger partial charge is 0.322 e. The van der Waals surface area contributed by atoms with Crippen molar-refractivity contribution in [3.05, 3.63) is 27.9 Å². The number of imidazole rings is 1. The molecular formula is C11H11BrN2S. The van der Waals surface area contributed by atoms with Crippen LogP contribution in [0.5, 0.6) is 0 Å². The Morgan fingerprint density at radius 2 is 2.33 bits per heavy atom. The zero-order valence-electron chi connectivity index (χ0n) is 8.24. The van der Waals surface area contributed by atoms with Crippen LogP contribution in [0.1, 0.15) is 18.5 Å². The fourth-order valence-corrected chi connectivity index (χ4v) is 3.41. The molecule has 0 fully saturated rings. The summed E-state index contributed by atoms with van der Waals surface area (Å²) in [4.78, 5) is 5.91. The summed E-state index contributed by atoms with van der Waals surface area (Å²) in [5.74, 6) is 0. The van der Waals surface area contributed by atoms with Gasteiger partial charge in [-0.2, -0.15) is 0 Å². The SMILES string of the molecule is Brc1nc(-c2cccs2)c2n1CCCC2. The number of fused-ring (bicyclic) bond motifs is 1. The van der Waals surface area contributed by atoms with Crippen LogP contribution >= 0.6 is 27.3 Å². The molecule has 0 radical (unpaired) electrons. The van der Waals surface area contributed by atoms with Crippen LogP contribution in [-0.2, 0) is 13.0 Å². The van der Waals surface area contributed by atoms with Gasteiger partial charge in [0, 0.05) is 12.2 Å². The monoisotopic (exact) mass is 282 g/mol. The molecule has 0 aromatic carbocycles. The fourth-order valence-electron chi connectivity index (χ4n) is 2.11. The van der Waals surface area contributed by atoms with Crippen LogP contribution in [0.15, 0.2) is 22.2 Å². The molecule has 0 aliphatic carbocycles. The van der Waals surface area contributed by atoms with Crippen LogP contribution in [0, 0.1) is 0 Å². The van der Waals surface area contributed by atoms with E-state index in [0.717, 1.165) is 17.7 Å². The third kappa shape index (κ3) is 1.56. The predicted molar refractivity (Wildman–Crippen MR) is 66.2 cm³/mol. The van der Waals surface area contributed by atoms with E-state index in [1.54, 1.807) is 11.3 Å². The summed E-state index contributed by atoms with van der Waals surface area (Å²) >= 11 is 5.31. The Labute approximate surface area is 101 Å². The van der Waals surface area contributed by atoms with Crippen molar-refractivity contribution in [2.75, 3.05) is 0 Å². The number of aromatic nitrogens is 2. The topological polar surface area (TPSA) is 17.8 Å². The molecule has 0 unspecified atom stereocenters. The minimum Gasteiger partial charge on any atom is -0.322 e. The van der Waals surface area contributed by atoms with E-state index in [1.165, 1.54) is 29.1 Å². The molecule has 1 aliphatic rings. The number of halogens is 1. The first-order chi connectivity index (χ1) is 7.36. The number of rotatable bonds is 1. The molecule has 2 nitrogen and oxygen atoms in total. The average Bonchev–Trinajstić information content (AvgIpc) is 2.87. The average molecular weight is 283 g/mol. The quantitative estimate of drug-likeness (QED) is 0.780. The van der Waals surface area contributed by atoms with Gasteiger partial charge >= 0.3 is 0 Å². The van der Waals surface area contributed by atoms with Gasteiger partial charge in [-0.25, -0.2) is 4.98 Å². The van der Waals surface area contributed by atoms with Gasteiger partial charge in [0.15, 0.2) is 4.73 Å². The summed E-state index contributed by atoms with van der Waals surface area (Å²) in [7, 11) is 0. The zero-order valence-corrected chi connectivity index (χ0v) is 10.6.